The smallest absolute Gasteiger partial charge is 0.202 e. The quantitative estimate of drug-likeness (QED) is 0.912. The Balaban J connectivity index is 1.64. The molecule has 2 aromatic heterocycles. The number of nitrogens with two attached hydrogens (primary N) is 1. The van der Waals surface area contributed by atoms with Crippen LogP contribution in [-0.2, 0) is 6.54 Å². The zero-order valence-corrected chi connectivity index (χ0v) is 10.9. The Morgan fingerprint density at radius 3 is 3.16 bits per heavy atom. The number of hydrogen-bond acceptors (Lipinski definition) is 5. The van der Waals surface area contributed by atoms with Gasteiger partial charge in [0.15, 0.2) is 5.76 Å². The fourth-order valence-corrected chi connectivity index (χ4v) is 2.64. The molecule has 1 aliphatic heterocycles. The summed E-state index contributed by atoms with van der Waals surface area (Å²) in [6, 6.07) is 5.66. The van der Waals surface area contributed by atoms with Crippen LogP contribution < -0.4 is 5.73 Å². The van der Waals surface area contributed by atoms with Crippen LogP contribution in [0.15, 0.2) is 33.4 Å². The molecule has 2 aromatic rings. The van der Waals surface area contributed by atoms with E-state index in [1.165, 1.54) is 12.8 Å². The highest BCUT2D eigenvalue weighted by Crippen LogP contribution is 2.22. The van der Waals surface area contributed by atoms with E-state index in [4.69, 9.17) is 14.7 Å². The molecule has 0 saturated carbocycles. The highest BCUT2D eigenvalue weighted by Gasteiger charge is 2.20. The van der Waals surface area contributed by atoms with Crippen molar-refractivity contribution in [3.8, 4) is 11.5 Å². The molecule has 19 heavy (non-hydrogen) atoms. The molecule has 102 valence electrons. The van der Waals surface area contributed by atoms with E-state index in [2.05, 4.69) is 10.1 Å². The maximum Gasteiger partial charge on any atom is 0.202 e. The molecule has 1 unspecified atom stereocenters. The summed E-state index contributed by atoms with van der Waals surface area (Å²) in [6.07, 6.45) is 4.09. The zero-order chi connectivity index (χ0) is 13.1. The number of rotatable bonds is 4. The number of furan rings is 1. The van der Waals surface area contributed by atoms with Crippen LogP contribution in [0, 0.1) is 5.92 Å². The lowest BCUT2D eigenvalue weighted by Gasteiger charge is -2.31. The maximum atomic E-state index is 5.75. The van der Waals surface area contributed by atoms with Gasteiger partial charge >= 0.3 is 0 Å². The molecule has 1 aliphatic rings. The molecule has 0 amide bonds. The van der Waals surface area contributed by atoms with Gasteiger partial charge in [-0.25, -0.2) is 0 Å². The Bertz CT molecular complexity index is 507. The van der Waals surface area contributed by atoms with Gasteiger partial charge in [-0.2, -0.15) is 0 Å². The molecule has 3 rings (SSSR count). The van der Waals surface area contributed by atoms with Crippen LogP contribution >= 0.6 is 0 Å². The Morgan fingerprint density at radius 2 is 2.37 bits per heavy atom. The maximum absolute atomic E-state index is 5.75. The van der Waals surface area contributed by atoms with Crippen molar-refractivity contribution in [3.05, 3.63) is 30.2 Å². The first-order valence-corrected chi connectivity index (χ1v) is 6.77. The van der Waals surface area contributed by atoms with Crippen LogP contribution in [0.1, 0.15) is 18.5 Å². The minimum Gasteiger partial charge on any atom is -0.461 e. The van der Waals surface area contributed by atoms with E-state index >= 15 is 0 Å². The van der Waals surface area contributed by atoms with Crippen molar-refractivity contribution in [1.82, 2.24) is 10.1 Å². The molecule has 0 aliphatic carbocycles. The molecule has 3 heterocycles. The molecule has 1 saturated heterocycles. The van der Waals surface area contributed by atoms with Crippen molar-refractivity contribution in [2.75, 3.05) is 19.6 Å². The predicted octanol–water partition coefficient (Wildman–Crippen LogP) is 2.11. The Hall–Kier alpha value is -1.59. The minimum atomic E-state index is 0.616. The fourth-order valence-electron chi connectivity index (χ4n) is 2.64. The van der Waals surface area contributed by atoms with Gasteiger partial charge in [-0.15, -0.1) is 0 Å². The molecule has 0 radical (unpaired) electrons. The summed E-state index contributed by atoms with van der Waals surface area (Å²) in [7, 11) is 0. The van der Waals surface area contributed by atoms with Gasteiger partial charge in [-0.05, 0) is 44.0 Å². The number of hydrogen-bond donors (Lipinski definition) is 1. The second-order valence-corrected chi connectivity index (χ2v) is 5.14. The van der Waals surface area contributed by atoms with Gasteiger partial charge in [0.1, 0.15) is 0 Å². The Kier molecular flexibility index (Phi) is 3.66. The van der Waals surface area contributed by atoms with Crippen molar-refractivity contribution in [2.24, 2.45) is 11.7 Å². The van der Waals surface area contributed by atoms with Gasteiger partial charge in [-0.3, -0.25) is 4.90 Å². The third kappa shape index (κ3) is 2.88. The SMILES string of the molecule is NCC1CCCN(Cc2cc(-c3ccco3)on2)C1. The summed E-state index contributed by atoms with van der Waals surface area (Å²) in [6.45, 7) is 3.76. The topological polar surface area (TPSA) is 68.4 Å². The molecular formula is C14H19N3O2. The fraction of sp³-hybridized carbons (Fsp3) is 0.500. The monoisotopic (exact) mass is 261 g/mol. The zero-order valence-electron chi connectivity index (χ0n) is 10.9. The van der Waals surface area contributed by atoms with E-state index in [1.54, 1.807) is 6.26 Å². The first-order valence-electron chi connectivity index (χ1n) is 6.77. The first-order chi connectivity index (χ1) is 9.35. The summed E-state index contributed by atoms with van der Waals surface area (Å²) in [4.78, 5) is 2.39. The molecular weight excluding hydrogens is 242 g/mol. The highest BCUT2D eigenvalue weighted by atomic mass is 16.5. The lowest BCUT2D eigenvalue weighted by molar-refractivity contribution is 0.167. The summed E-state index contributed by atoms with van der Waals surface area (Å²) >= 11 is 0. The standard InChI is InChI=1S/C14H19N3O2/c15-8-11-3-1-5-17(9-11)10-12-7-14(19-16-12)13-4-2-6-18-13/h2,4,6-7,11H,1,3,5,8-10,15H2. The molecule has 2 N–H and O–H groups in total. The second kappa shape index (κ2) is 5.59. The van der Waals surface area contributed by atoms with Gasteiger partial charge in [-0.1, -0.05) is 5.16 Å². The Morgan fingerprint density at radius 1 is 1.42 bits per heavy atom. The van der Waals surface area contributed by atoms with Crippen LogP contribution in [0.25, 0.3) is 11.5 Å². The van der Waals surface area contributed by atoms with E-state index in [0.29, 0.717) is 11.7 Å². The second-order valence-electron chi connectivity index (χ2n) is 5.14. The van der Waals surface area contributed by atoms with Crippen LogP contribution in [0.4, 0.5) is 0 Å². The normalized spacial score (nSPS) is 20.8. The first kappa shape index (κ1) is 12.4. The van der Waals surface area contributed by atoms with Crippen LogP contribution in [-0.4, -0.2) is 29.7 Å². The van der Waals surface area contributed by atoms with Crippen LogP contribution in [0.3, 0.4) is 0 Å². The van der Waals surface area contributed by atoms with Gasteiger partial charge in [0.2, 0.25) is 5.76 Å². The average Bonchev–Trinajstić information content (AvgIpc) is 3.09. The van der Waals surface area contributed by atoms with Crippen molar-refractivity contribution < 1.29 is 8.94 Å². The molecule has 1 fully saturated rings. The van der Waals surface area contributed by atoms with Crippen molar-refractivity contribution in [2.45, 2.75) is 19.4 Å². The molecule has 1 atom stereocenters. The lowest BCUT2D eigenvalue weighted by Crippen LogP contribution is -2.37. The number of aromatic nitrogens is 1. The van der Waals surface area contributed by atoms with Crippen LogP contribution in [0.2, 0.25) is 0 Å². The summed E-state index contributed by atoms with van der Waals surface area (Å²) in [5.74, 6) is 2.02. The van der Waals surface area contributed by atoms with E-state index in [9.17, 15) is 0 Å². The van der Waals surface area contributed by atoms with Gasteiger partial charge < -0.3 is 14.7 Å². The molecule has 0 spiro atoms. The van der Waals surface area contributed by atoms with E-state index in [-0.39, 0.29) is 0 Å². The van der Waals surface area contributed by atoms with Crippen molar-refractivity contribution in [3.63, 3.8) is 0 Å². The number of nitrogens with zero attached hydrogens (tertiary/aromatic N) is 2. The molecule has 5 nitrogen and oxygen atoms in total. The average molecular weight is 261 g/mol. The predicted molar refractivity (Wildman–Crippen MR) is 71.3 cm³/mol. The number of piperidine rings is 1. The van der Waals surface area contributed by atoms with Gasteiger partial charge in [0.05, 0.1) is 12.0 Å². The van der Waals surface area contributed by atoms with Gasteiger partial charge in [0, 0.05) is 19.2 Å². The largest absolute Gasteiger partial charge is 0.461 e. The molecule has 5 heteroatoms. The summed E-state index contributed by atoms with van der Waals surface area (Å²) in [5.41, 5.74) is 6.70. The molecule has 0 aromatic carbocycles. The number of likely N-dealkylation sites (tertiary alicyclic amines) is 1. The minimum absolute atomic E-state index is 0.616. The molecule has 0 bridgehead atoms. The summed E-state index contributed by atoms with van der Waals surface area (Å²) < 4.78 is 10.6. The van der Waals surface area contributed by atoms with Crippen molar-refractivity contribution in [1.29, 1.82) is 0 Å². The Labute approximate surface area is 112 Å². The lowest BCUT2D eigenvalue weighted by atomic mass is 9.98. The third-order valence-corrected chi connectivity index (χ3v) is 3.65. The van der Waals surface area contributed by atoms with Crippen LogP contribution in [0.5, 0.6) is 0 Å². The van der Waals surface area contributed by atoms with E-state index < -0.39 is 0 Å². The van der Waals surface area contributed by atoms with Gasteiger partial charge in [0.25, 0.3) is 0 Å². The third-order valence-electron chi connectivity index (χ3n) is 3.65. The van der Waals surface area contributed by atoms with Crippen molar-refractivity contribution >= 4 is 0 Å². The summed E-state index contributed by atoms with van der Waals surface area (Å²) in [5, 5.41) is 4.11. The van der Waals surface area contributed by atoms with E-state index in [0.717, 1.165) is 37.6 Å². The highest BCUT2D eigenvalue weighted by molar-refractivity contribution is 5.49. The van der Waals surface area contributed by atoms with E-state index in [1.807, 2.05) is 18.2 Å².